The van der Waals surface area contributed by atoms with Gasteiger partial charge in [0.2, 0.25) is 0 Å². The Morgan fingerprint density at radius 1 is 0.581 bits per heavy atom. The molecule has 1 saturated heterocycles. The largest absolute Gasteiger partial charge is 0.334 e. The van der Waals surface area contributed by atoms with Crippen LogP contribution in [0.2, 0.25) is 0 Å². The summed E-state index contributed by atoms with van der Waals surface area (Å²) in [6.07, 6.45) is 0. The van der Waals surface area contributed by atoms with Gasteiger partial charge in [-0.15, -0.1) is 0 Å². The van der Waals surface area contributed by atoms with Crippen LogP contribution in [0.4, 0.5) is 11.4 Å². The van der Waals surface area contributed by atoms with E-state index in [4.69, 9.17) is 23.2 Å². The minimum absolute atomic E-state index is 0.306. The molecule has 1 aliphatic rings. The zero-order valence-corrected chi connectivity index (χ0v) is 21.8. The third-order valence-corrected chi connectivity index (χ3v) is 7.46. The Morgan fingerprint density at radius 3 is 1.06 bits per heavy atom. The first-order valence-electron chi connectivity index (χ1n) is 11.6. The summed E-state index contributed by atoms with van der Waals surface area (Å²) in [4.78, 5) is 4.65. The van der Waals surface area contributed by atoms with Gasteiger partial charge in [0, 0.05) is 11.4 Å². The second-order valence-corrected chi connectivity index (χ2v) is 10.9. The molecule has 1 fully saturated rings. The van der Waals surface area contributed by atoms with Gasteiger partial charge in [0.1, 0.15) is 11.0 Å². The normalized spacial score (nSPS) is 19.5. The van der Waals surface area contributed by atoms with E-state index < -0.39 is 0 Å². The summed E-state index contributed by atoms with van der Waals surface area (Å²) in [7, 11) is 0. The lowest BCUT2D eigenvalue weighted by molar-refractivity contribution is 0.794. The Bertz CT molecular complexity index is 778. The molecule has 2 nitrogen and oxygen atoms in total. The molecule has 31 heavy (non-hydrogen) atoms. The minimum Gasteiger partial charge on any atom is -0.334 e. The van der Waals surface area contributed by atoms with Crippen molar-refractivity contribution in [1.29, 1.82) is 0 Å². The van der Waals surface area contributed by atoms with Crippen molar-refractivity contribution < 1.29 is 0 Å². The van der Waals surface area contributed by atoms with Gasteiger partial charge in [-0.25, -0.2) is 0 Å². The van der Waals surface area contributed by atoms with Crippen LogP contribution in [0, 0.1) is 0 Å². The van der Waals surface area contributed by atoms with E-state index in [1.54, 1.807) is 0 Å². The number of para-hydroxylation sites is 2. The van der Waals surface area contributed by atoms with Gasteiger partial charge in [0.15, 0.2) is 0 Å². The molecule has 2 aromatic rings. The Labute approximate surface area is 199 Å². The number of rotatable bonds is 6. The third kappa shape index (κ3) is 4.57. The number of nitrogens with zero attached hydrogens (tertiary/aromatic N) is 2. The number of halogens is 2. The number of benzene rings is 2. The molecule has 0 amide bonds. The van der Waals surface area contributed by atoms with Crippen molar-refractivity contribution in [2.24, 2.45) is 0 Å². The third-order valence-electron chi connectivity index (χ3n) is 6.39. The maximum absolute atomic E-state index is 7.08. The summed E-state index contributed by atoms with van der Waals surface area (Å²) < 4.78 is 0. The second-order valence-electron chi connectivity index (χ2n) is 10.0. The first-order valence-corrected chi connectivity index (χ1v) is 12.5. The highest BCUT2D eigenvalue weighted by atomic mass is 35.5. The molecule has 1 aliphatic heterocycles. The van der Waals surface area contributed by atoms with Gasteiger partial charge in [-0.2, -0.15) is 0 Å². The van der Waals surface area contributed by atoms with Gasteiger partial charge >= 0.3 is 0 Å². The SMILES string of the molecule is CC(C)c1cccc(C(C)C)c1N1CN(c2c(C(C)C)cccc2C(C)C)C(Cl)C1Cl. The van der Waals surface area contributed by atoms with Gasteiger partial charge in [0.25, 0.3) is 0 Å². The zero-order chi connectivity index (χ0) is 23.0. The Kier molecular flexibility index (Phi) is 7.54. The predicted molar refractivity (Wildman–Crippen MR) is 138 cm³/mol. The monoisotopic (exact) mass is 460 g/mol. The van der Waals surface area contributed by atoms with Gasteiger partial charge in [0.05, 0.1) is 6.67 Å². The molecular weight excluding hydrogens is 423 g/mol. The van der Waals surface area contributed by atoms with Crippen LogP contribution in [-0.4, -0.2) is 17.7 Å². The molecular formula is C27H38Cl2N2. The zero-order valence-electron chi connectivity index (χ0n) is 20.3. The van der Waals surface area contributed by atoms with E-state index in [1.807, 2.05) is 0 Å². The highest BCUT2D eigenvalue weighted by Gasteiger charge is 2.41. The number of alkyl halides is 2. The van der Waals surface area contributed by atoms with Crippen LogP contribution in [-0.2, 0) is 0 Å². The first-order chi connectivity index (χ1) is 14.6. The number of anilines is 2. The van der Waals surface area contributed by atoms with E-state index in [1.165, 1.54) is 33.6 Å². The van der Waals surface area contributed by atoms with Crippen molar-refractivity contribution in [3.05, 3.63) is 58.7 Å². The maximum atomic E-state index is 7.08. The van der Waals surface area contributed by atoms with Crippen molar-refractivity contribution in [3.8, 4) is 0 Å². The fourth-order valence-electron chi connectivity index (χ4n) is 4.69. The molecule has 0 N–H and O–H groups in total. The van der Waals surface area contributed by atoms with Crippen molar-refractivity contribution >= 4 is 34.6 Å². The minimum atomic E-state index is -0.306. The fraction of sp³-hybridized carbons (Fsp3) is 0.556. The fourth-order valence-corrected chi connectivity index (χ4v) is 5.28. The van der Waals surface area contributed by atoms with Crippen molar-refractivity contribution in [2.45, 2.75) is 90.1 Å². The van der Waals surface area contributed by atoms with Gasteiger partial charge < -0.3 is 9.80 Å². The molecule has 0 bridgehead atoms. The molecule has 4 heteroatoms. The smallest absolute Gasteiger partial charge is 0.140 e. The first kappa shape index (κ1) is 24.3. The van der Waals surface area contributed by atoms with E-state index >= 15 is 0 Å². The average molecular weight is 462 g/mol. The van der Waals surface area contributed by atoms with Crippen LogP contribution in [0.3, 0.4) is 0 Å². The molecule has 0 spiro atoms. The van der Waals surface area contributed by atoms with Crippen LogP contribution in [0.5, 0.6) is 0 Å². The predicted octanol–water partition coefficient (Wildman–Crippen LogP) is 8.59. The lowest BCUT2D eigenvalue weighted by atomic mass is 9.92. The molecule has 0 saturated carbocycles. The van der Waals surface area contributed by atoms with Gasteiger partial charge in [-0.3, -0.25) is 0 Å². The van der Waals surface area contributed by atoms with Gasteiger partial charge in [-0.05, 0) is 45.9 Å². The average Bonchev–Trinajstić information content (AvgIpc) is 3.00. The highest BCUT2D eigenvalue weighted by molar-refractivity contribution is 6.32. The van der Waals surface area contributed by atoms with Crippen LogP contribution in [0.25, 0.3) is 0 Å². The topological polar surface area (TPSA) is 6.48 Å². The Hall–Kier alpha value is -1.38. The lowest BCUT2D eigenvalue weighted by Gasteiger charge is -2.31. The lowest BCUT2D eigenvalue weighted by Crippen LogP contribution is -2.30. The summed E-state index contributed by atoms with van der Waals surface area (Å²) in [5.41, 5.74) is 7.25. The molecule has 0 aromatic heterocycles. The van der Waals surface area contributed by atoms with Crippen LogP contribution < -0.4 is 9.80 Å². The summed E-state index contributed by atoms with van der Waals surface area (Å²) >= 11 is 14.2. The van der Waals surface area contributed by atoms with Gasteiger partial charge in [-0.1, -0.05) is 115 Å². The molecule has 170 valence electrons. The molecule has 2 atom stereocenters. The van der Waals surface area contributed by atoms with Crippen molar-refractivity contribution in [1.82, 2.24) is 0 Å². The van der Waals surface area contributed by atoms with E-state index in [0.29, 0.717) is 30.3 Å². The van der Waals surface area contributed by atoms with Crippen LogP contribution in [0.15, 0.2) is 36.4 Å². The van der Waals surface area contributed by atoms with E-state index in [2.05, 4.69) is 102 Å². The summed E-state index contributed by atoms with van der Waals surface area (Å²) in [6, 6.07) is 13.3. The van der Waals surface area contributed by atoms with E-state index in [-0.39, 0.29) is 11.0 Å². The molecule has 2 aromatic carbocycles. The van der Waals surface area contributed by atoms with Crippen LogP contribution >= 0.6 is 23.2 Å². The van der Waals surface area contributed by atoms with E-state index in [0.717, 1.165) is 0 Å². The summed E-state index contributed by atoms with van der Waals surface area (Å²) in [5.74, 6) is 1.65. The molecule has 0 radical (unpaired) electrons. The molecule has 3 rings (SSSR count). The quantitative estimate of drug-likeness (QED) is 0.314. The summed E-state index contributed by atoms with van der Waals surface area (Å²) in [5, 5.41) is 0. The Balaban J connectivity index is 2.16. The van der Waals surface area contributed by atoms with Crippen molar-refractivity contribution in [2.75, 3.05) is 16.5 Å². The maximum Gasteiger partial charge on any atom is 0.140 e. The molecule has 1 heterocycles. The summed E-state index contributed by atoms with van der Waals surface area (Å²) in [6.45, 7) is 18.7. The molecule has 0 aliphatic carbocycles. The second kappa shape index (κ2) is 9.63. The molecule has 2 unspecified atom stereocenters. The van der Waals surface area contributed by atoms with E-state index in [9.17, 15) is 0 Å². The van der Waals surface area contributed by atoms with Crippen molar-refractivity contribution in [3.63, 3.8) is 0 Å². The van der Waals surface area contributed by atoms with Crippen LogP contribution in [0.1, 0.15) is 101 Å². The standard InChI is InChI=1S/C27H38Cl2N2/c1-16(2)20-11-9-12-21(17(3)4)24(20)30-15-31(27(29)26(30)28)25-22(18(5)6)13-10-14-23(25)19(7)8/h9-14,16-19,26-27H,15H2,1-8H3. The Morgan fingerprint density at radius 2 is 0.839 bits per heavy atom. The number of hydrogen-bond acceptors (Lipinski definition) is 2. The number of hydrogen-bond donors (Lipinski definition) is 0. The highest BCUT2D eigenvalue weighted by Crippen LogP contribution is 2.45.